The zero-order valence-electron chi connectivity index (χ0n) is 17.0. The lowest BCUT2D eigenvalue weighted by molar-refractivity contribution is -0.0303. The lowest BCUT2D eigenvalue weighted by Crippen LogP contribution is -2.39. The van der Waals surface area contributed by atoms with Crippen LogP contribution in [0.4, 0.5) is 0 Å². The van der Waals surface area contributed by atoms with E-state index in [9.17, 15) is 9.90 Å². The SMILES string of the molecule is CC1=CC(Cc2cc3c(=O)n(C4COCCC4O)cnc3c3ccccc23)CC=N1. The molecule has 5 rings (SSSR count). The molecule has 6 heteroatoms. The summed E-state index contributed by atoms with van der Waals surface area (Å²) in [5.41, 5.74) is 2.75. The molecule has 3 heterocycles. The highest BCUT2D eigenvalue weighted by atomic mass is 16.5. The first kappa shape index (κ1) is 19.2. The minimum absolute atomic E-state index is 0.126. The number of ether oxygens (including phenoxy) is 1. The first-order chi connectivity index (χ1) is 14.6. The zero-order valence-corrected chi connectivity index (χ0v) is 17.0. The van der Waals surface area contributed by atoms with E-state index in [0.717, 1.165) is 34.9 Å². The lowest BCUT2D eigenvalue weighted by atomic mass is 9.90. The summed E-state index contributed by atoms with van der Waals surface area (Å²) in [6, 6.07) is 9.73. The van der Waals surface area contributed by atoms with Gasteiger partial charge >= 0.3 is 0 Å². The molecule has 0 amide bonds. The molecule has 0 radical (unpaired) electrons. The van der Waals surface area contributed by atoms with Crippen molar-refractivity contribution in [3.63, 3.8) is 0 Å². The van der Waals surface area contributed by atoms with Crippen molar-refractivity contribution >= 4 is 27.9 Å². The van der Waals surface area contributed by atoms with Gasteiger partial charge in [0.1, 0.15) is 0 Å². The molecule has 6 nitrogen and oxygen atoms in total. The average Bonchev–Trinajstić information content (AvgIpc) is 2.75. The van der Waals surface area contributed by atoms with Crippen LogP contribution < -0.4 is 5.56 Å². The van der Waals surface area contributed by atoms with E-state index in [-0.39, 0.29) is 5.56 Å². The zero-order chi connectivity index (χ0) is 20.7. The molecule has 1 N–H and O–H groups in total. The number of aromatic nitrogens is 2. The molecule has 0 spiro atoms. The van der Waals surface area contributed by atoms with E-state index < -0.39 is 12.1 Å². The van der Waals surface area contributed by atoms with Crippen LogP contribution >= 0.6 is 0 Å². The largest absolute Gasteiger partial charge is 0.391 e. The summed E-state index contributed by atoms with van der Waals surface area (Å²) in [6.45, 7) is 2.85. The molecule has 3 unspecified atom stereocenters. The van der Waals surface area contributed by atoms with Gasteiger partial charge in [0.05, 0.1) is 36.0 Å². The molecular weight excluding hydrogens is 378 g/mol. The van der Waals surface area contributed by atoms with Crippen LogP contribution in [-0.2, 0) is 11.2 Å². The minimum Gasteiger partial charge on any atom is -0.391 e. The summed E-state index contributed by atoms with van der Waals surface area (Å²) in [4.78, 5) is 22.4. The maximum Gasteiger partial charge on any atom is 0.261 e. The second-order valence-corrected chi connectivity index (χ2v) is 8.25. The highest BCUT2D eigenvalue weighted by Gasteiger charge is 2.27. The Morgan fingerprint density at radius 2 is 2.07 bits per heavy atom. The van der Waals surface area contributed by atoms with Crippen molar-refractivity contribution in [2.75, 3.05) is 13.2 Å². The number of hydrogen-bond acceptors (Lipinski definition) is 5. The summed E-state index contributed by atoms with van der Waals surface area (Å²) in [5.74, 6) is 0.357. The molecule has 1 aromatic heterocycles. The maximum absolute atomic E-state index is 13.4. The third-order valence-corrected chi connectivity index (χ3v) is 6.19. The Hall–Kier alpha value is -2.83. The Morgan fingerprint density at radius 1 is 1.23 bits per heavy atom. The van der Waals surface area contributed by atoms with Gasteiger partial charge in [0.25, 0.3) is 5.56 Å². The van der Waals surface area contributed by atoms with E-state index in [1.165, 1.54) is 0 Å². The molecule has 154 valence electrons. The van der Waals surface area contributed by atoms with Gasteiger partial charge < -0.3 is 9.84 Å². The first-order valence-corrected chi connectivity index (χ1v) is 10.5. The monoisotopic (exact) mass is 403 g/mol. The molecule has 1 fully saturated rings. The molecule has 0 aliphatic carbocycles. The number of rotatable bonds is 3. The molecule has 3 atom stereocenters. The fourth-order valence-electron chi connectivity index (χ4n) is 4.64. The Bertz CT molecular complexity index is 1230. The molecule has 30 heavy (non-hydrogen) atoms. The van der Waals surface area contributed by atoms with Crippen molar-refractivity contribution in [1.82, 2.24) is 9.55 Å². The highest BCUT2D eigenvalue weighted by Crippen LogP contribution is 2.30. The van der Waals surface area contributed by atoms with Crippen LogP contribution in [0.15, 0.2) is 58.2 Å². The molecule has 0 bridgehead atoms. The quantitative estimate of drug-likeness (QED) is 0.680. The van der Waals surface area contributed by atoms with E-state index >= 15 is 0 Å². The van der Waals surface area contributed by atoms with Crippen molar-refractivity contribution in [2.24, 2.45) is 10.9 Å². The maximum atomic E-state index is 13.4. The van der Waals surface area contributed by atoms with E-state index in [4.69, 9.17) is 4.74 Å². The van der Waals surface area contributed by atoms with Crippen LogP contribution in [0, 0.1) is 5.92 Å². The standard InChI is InChI=1S/C24H25N3O3/c1-15-10-16(6-8-25-15)11-17-12-20-23(19-5-3-2-4-18(17)19)26-14-27(24(20)29)21-13-30-9-7-22(21)28/h2-5,8,10,12,14,16,21-22,28H,6-7,9,11,13H2,1H3. The van der Waals surface area contributed by atoms with E-state index in [1.807, 2.05) is 37.4 Å². The van der Waals surface area contributed by atoms with Crippen molar-refractivity contribution in [3.05, 3.63) is 64.3 Å². The number of aliphatic hydroxyl groups excluding tert-OH is 1. The van der Waals surface area contributed by atoms with Crippen LogP contribution in [0.25, 0.3) is 21.7 Å². The van der Waals surface area contributed by atoms with Crippen molar-refractivity contribution < 1.29 is 9.84 Å². The predicted molar refractivity (Wildman–Crippen MR) is 118 cm³/mol. The second-order valence-electron chi connectivity index (χ2n) is 8.25. The Morgan fingerprint density at radius 3 is 2.87 bits per heavy atom. The molecule has 0 saturated carbocycles. The molecule has 2 aromatic carbocycles. The van der Waals surface area contributed by atoms with Crippen LogP contribution in [0.5, 0.6) is 0 Å². The Balaban J connectivity index is 1.66. The van der Waals surface area contributed by atoms with Crippen molar-refractivity contribution in [2.45, 2.75) is 38.3 Å². The number of allylic oxidation sites excluding steroid dienone is 2. The third-order valence-electron chi connectivity index (χ3n) is 6.19. The van der Waals surface area contributed by atoms with Gasteiger partial charge in [0.2, 0.25) is 0 Å². The number of fused-ring (bicyclic) bond motifs is 3. The molecule has 2 aliphatic heterocycles. The summed E-state index contributed by atoms with van der Waals surface area (Å²) >= 11 is 0. The van der Waals surface area contributed by atoms with E-state index in [1.54, 1.807) is 10.9 Å². The van der Waals surface area contributed by atoms with E-state index in [2.05, 4.69) is 22.1 Å². The van der Waals surface area contributed by atoms with Gasteiger partial charge in [-0.2, -0.15) is 0 Å². The number of aliphatic hydroxyl groups is 1. The summed E-state index contributed by atoms with van der Waals surface area (Å²) in [6.07, 6.45) is 7.38. The van der Waals surface area contributed by atoms with E-state index in [0.29, 0.717) is 36.5 Å². The van der Waals surface area contributed by atoms with Gasteiger partial charge in [0, 0.05) is 23.9 Å². The number of hydrogen-bond donors (Lipinski definition) is 1. The van der Waals surface area contributed by atoms with Gasteiger partial charge in [-0.3, -0.25) is 14.4 Å². The van der Waals surface area contributed by atoms with Crippen LogP contribution in [-0.4, -0.2) is 40.2 Å². The first-order valence-electron chi connectivity index (χ1n) is 10.5. The number of benzene rings is 2. The average molecular weight is 403 g/mol. The summed E-state index contributed by atoms with van der Waals surface area (Å²) in [5, 5.41) is 13.1. The van der Waals surface area contributed by atoms with Gasteiger partial charge in [-0.1, -0.05) is 30.3 Å². The van der Waals surface area contributed by atoms with Crippen molar-refractivity contribution in [1.29, 1.82) is 0 Å². The van der Waals surface area contributed by atoms with Gasteiger partial charge in [-0.05, 0) is 49.1 Å². The van der Waals surface area contributed by atoms with Crippen LogP contribution in [0.3, 0.4) is 0 Å². The molecule has 2 aliphatic rings. The van der Waals surface area contributed by atoms with Gasteiger partial charge in [-0.15, -0.1) is 0 Å². The smallest absolute Gasteiger partial charge is 0.261 e. The topological polar surface area (TPSA) is 76.7 Å². The van der Waals surface area contributed by atoms with Gasteiger partial charge in [-0.25, -0.2) is 4.98 Å². The lowest BCUT2D eigenvalue weighted by Gasteiger charge is -2.29. The Labute approximate surface area is 174 Å². The Kier molecular flexibility index (Phi) is 4.97. The van der Waals surface area contributed by atoms with Gasteiger partial charge in [0.15, 0.2) is 0 Å². The highest BCUT2D eigenvalue weighted by molar-refractivity contribution is 6.06. The van der Waals surface area contributed by atoms with Crippen molar-refractivity contribution in [3.8, 4) is 0 Å². The van der Waals surface area contributed by atoms with Crippen LogP contribution in [0.2, 0.25) is 0 Å². The molecule has 3 aromatic rings. The summed E-state index contributed by atoms with van der Waals surface area (Å²) in [7, 11) is 0. The van der Waals surface area contributed by atoms with Crippen LogP contribution in [0.1, 0.15) is 31.4 Å². The fourth-order valence-corrected chi connectivity index (χ4v) is 4.64. The molecular formula is C24H25N3O3. The summed E-state index contributed by atoms with van der Waals surface area (Å²) < 4.78 is 7.06. The third kappa shape index (κ3) is 3.36. The molecule has 1 saturated heterocycles. The normalized spacial score (nSPS) is 24.3. The number of nitrogens with zero attached hydrogens (tertiary/aromatic N) is 3. The predicted octanol–water partition coefficient (Wildman–Crippen LogP) is 3.41. The minimum atomic E-state index is -0.606. The second kappa shape index (κ2) is 7.78. The number of aliphatic imine (C=N–C) groups is 1. The fraction of sp³-hybridized carbons (Fsp3) is 0.375.